The van der Waals surface area contributed by atoms with Crippen molar-refractivity contribution in [2.45, 2.75) is 13.0 Å². The maximum absolute atomic E-state index is 14.6. The Labute approximate surface area is 151 Å². The predicted octanol–water partition coefficient (Wildman–Crippen LogP) is 3.16. The van der Waals surface area contributed by atoms with Crippen molar-refractivity contribution in [1.82, 2.24) is 5.32 Å². The van der Waals surface area contributed by atoms with Crippen LogP contribution in [0, 0.1) is 5.82 Å². The second-order valence-electron chi connectivity index (χ2n) is 5.51. The summed E-state index contributed by atoms with van der Waals surface area (Å²) in [5.41, 5.74) is 2.09. The Balaban J connectivity index is 0.00000225. The molecule has 1 aliphatic heterocycles. The maximum atomic E-state index is 14.6. The molecule has 25 heavy (non-hydrogen) atoms. The number of carbonyl (C=O) groups is 1. The largest absolute Gasteiger partial charge is 0.497 e. The Morgan fingerprint density at radius 3 is 2.72 bits per heavy atom. The third kappa shape index (κ3) is 3.86. The van der Waals surface area contributed by atoms with Gasteiger partial charge in [0.1, 0.15) is 17.3 Å². The molecule has 0 aromatic heterocycles. The summed E-state index contributed by atoms with van der Waals surface area (Å²) in [6.07, 6.45) is 0.608. The van der Waals surface area contributed by atoms with Crippen LogP contribution in [-0.4, -0.2) is 26.7 Å². The van der Waals surface area contributed by atoms with Gasteiger partial charge in [-0.05, 0) is 42.3 Å². The van der Waals surface area contributed by atoms with Crippen molar-refractivity contribution in [3.63, 3.8) is 0 Å². The minimum absolute atomic E-state index is 0. The first-order valence-corrected chi connectivity index (χ1v) is 7.68. The summed E-state index contributed by atoms with van der Waals surface area (Å²) in [6.45, 7) is 1.38. The molecule has 0 saturated carbocycles. The first-order chi connectivity index (χ1) is 11.6. The summed E-state index contributed by atoms with van der Waals surface area (Å²) in [6, 6.07) is 8.30. The van der Waals surface area contributed by atoms with Crippen LogP contribution in [0.15, 0.2) is 30.3 Å². The number of rotatable bonds is 4. The molecule has 0 fully saturated rings. The van der Waals surface area contributed by atoms with E-state index in [1.807, 2.05) is 6.07 Å². The van der Waals surface area contributed by atoms with Crippen LogP contribution in [0.5, 0.6) is 11.5 Å². The molecular weight excluding hydrogens is 347 g/mol. The lowest BCUT2D eigenvalue weighted by atomic mass is 9.99. The summed E-state index contributed by atoms with van der Waals surface area (Å²) < 4.78 is 25.0. The molecule has 0 spiro atoms. The highest BCUT2D eigenvalue weighted by molar-refractivity contribution is 6.06. The first kappa shape index (κ1) is 19.0. The highest BCUT2D eigenvalue weighted by atomic mass is 35.5. The molecule has 2 aromatic rings. The standard InChI is InChI=1S/C18H19FN2O3.ClH/c1-23-12-4-5-14(16(9-12)24-2)18(22)21-15-6-3-11-10-20-8-7-13(11)17(15)19;/h3-6,9,20H,7-8,10H2,1-2H3,(H,21,22);1H. The minimum Gasteiger partial charge on any atom is -0.497 e. The average molecular weight is 367 g/mol. The summed E-state index contributed by atoms with van der Waals surface area (Å²) in [5.74, 6) is 0.155. The Bertz CT molecular complexity index is 783. The van der Waals surface area contributed by atoms with Crippen molar-refractivity contribution in [3.05, 3.63) is 52.8 Å². The second-order valence-corrected chi connectivity index (χ2v) is 5.51. The summed E-state index contributed by atoms with van der Waals surface area (Å²) in [4.78, 5) is 12.5. The van der Waals surface area contributed by atoms with E-state index in [1.165, 1.54) is 14.2 Å². The van der Waals surface area contributed by atoms with Gasteiger partial charge in [0.2, 0.25) is 0 Å². The van der Waals surface area contributed by atoms with E-state index in [-0.39, 0.29) is 23.9 Å². The molecule has 2 aromatic carbocycles. The molecule has 134 valence electrons. The fourth-order valence-electron chi connectivity index (χ4n) is 2.81. The van der Waals surface area contributed by atoms with Gasteiger partial charge in [0.05, 0.1) is 25.5 Å². The van der Waals surface area contributed by atoms with E-state index >= 15 is 0 Å². The van der Waals surface area contributed by atoms with E-state index < -0.39 is 5.91 Å². The molecule has 3 rings (SSSR count). The molecule has 1 aliphatic rings. The molecular formula is C18H20ClFN2O3. The van der Waals surface area contributed by atoms with Crippen LogP contribution in [0.1, 0.15) is 21.5 Å². The van der Waals surface area contributed by atoms with Crippen LogP contribution in [0.2, 0.25) is 0 Å². The van der Waals surface area contributed by atoms with Gasteiger partial charge in [-0.1, -0.05) is 6.07 Å². The van der Waals surface area contributed by atoms with Crippen molar-refractivity contribution < 1.29 is 18.7 Å². The minimum atomic E-state index is -0.428. The van der Waals surface area contributed by atoms with Gasteiger partial charge in [0.25, 0.3) is 5.91 Å². The third-order valence-corrected chi connectivity index (χ3v) is 4.11. The second kappa shape index (κ2) is 8.18. The molecule has 2 N–H and O–H groups in total. The lowest BCUT2D eigenvalue weighted by Gasteiger charge is -2.19. The number of anilines is 1. The van der Waals surface area contributed by atoms with Gasteiger partial charge < -0.3 is 20.1 Å². The SMILES string of the molecule is COc1ccc(C(=O)Nc2ccc3c(c2F)CCNC3)c(OC)c1.Cl. The molecule has 0 atom stereocenters. The summed E-state index contributed by atoms with van der Waals surface area (Å²) in [7, 11) is 3.00. The number of nitrogens with one attached hydrogen (secondary N) is 2. The molecule has 0 bridgehead atoms. The maximum Gasteiger partial charge on any atom is 0.259 e. The van der Waals surface area contributed by atoms with Gasteiger partial charge >= 0.3 is 0 Å². The lowest BCUT2D eigenvalue weighted by Crippen LogP contribution is -2.25. The molecule has 0 unspecified atom stereocenters. The average Bonchev–Trinajstić information content (AvgIpc) is 2.63. The van der Waals surface area contributed by atoms with Gasteiger partial charge in [0.15, 0.2) is 0 Å². The highest BCUT2D eigenvalue weighted by Gasteiger charge is 2.19. The van der Waals surface area contributed by atoms with Crippen LogP contribution in [0.3, 0.4) is 0 Å². The zero-order valence-corrected chi connectivity index (χ0v) is 14.8. The third-order valence-electron chi connectivity index (χ3n) is 4.11. The van der Waals surface area contributed by atoms with E-state index in [0.717, 1.165) is 12.1 Å². The number of fused-ring (bicyclic) bond motifs is 1. The predicted molar refractivity (Wildman–Crippen MR) is 96.6 cm³/mol. The van der Waals surface area contributed by atoms with Gasteiger partial charge in [-0.15, -0.1) is 12.4 Å². The lowest BCUT2D eigenvalue weighted by molar-refractivity contribution is 0.102. The monoisotopic (exact) mass is 366 g/mol. The summed E-state index contributed by atoms with van der Waals surface area (Å²) >= 11 is 0. The molecule has 1 amide bonds. The fraction of sp³-hybridized carbons (Fsp3) is 0.278. The number of hydrogen-bond acceptors (Lipinski definition) is 4. The number of carbonyl (C=O) groups excluding carboxylic acids is 1. The first-order valence-electron chi connectivity index (χ1n) is 7.68. The van der Waals surface area contributed by atoms with Crippen LogP contribution in [0.4, 0.5) is 10.1 Å². The van der Waals surface area contributed by atoms with Crippen LogP contribution in [0.25, 0.3) is 0 Å². The number of ether oxygens (including phenoxy) is 2. The topological polar surface area (TPSA) is 59.6 Å². The fourth-order valence-corrected chi connectivity index (χ4v) is 2.81. The Kier molecular flexibility index (Phi) is 6.22. The Morgan fingerprint density at radius 1 is 1.20 bits per heavy atom. The molecule has 5 nitrogen and oxygen atoms in total. The molecule has 0 aliphatic carbocycles. The van der Waals surface area contributed by atoms with Crippen LogP contribution in [-0.2, 0) is 13.0 Å². The highest BCUT2D eigenvalue weighted by Crippen LogP contribution is 2.28. The van der Waals surface area contributed by atoms with Crippen molar-refractivity contribution in [1.29, 1.82) is 0 Å². The zero-order valence-electron chi connectivity index (χ0n) is 14.0. The van der Waals surface area contributed by atoms with E-state index in [1.54, 1.807) is 24.3 Å². The number of halogens is 2. The smallest absolute Gasteiger partial charge is 0.259 e. The van der Waals surface area contributed by atoms with Gasteiger partial charge in [-0.2, -0.15) is 0 Å². The van der Waals surface area contributed by atoms with E-state index in [0.29, 0.717) is 35.6 Å². The summed E-state index contributed by atoms with van der Waals surface area (Å²) in [5, 5.41) is 5.83. The number of benzene rings is 2. The Hall–Kier alpha value is -2.31. The molecule has 1 heterocycles. The Morgan fingerprint density at radius 2 is 2.00 bits per heavy atom. The van der Waals surface area contributed by atoms with E-state index in [2.05, 4.69) is 10.6 Å². The van der Waals surface area contributed by atoms with Crippen molar-refractivity contribution in [2.75, 3.05) is 26.1 Å². The van der Waals surface area contributed by atoms with Crippen molar-refractivity contribution >= 4 is 24.0 Å². The van der Waals surface area contributed by atoms with Crippen molar-refractivity contribution in [2.24, 2.45) is 0 Å². The quantitative estimate of drug-likeness (QED) is 0.872. The van der Waals surface area contributed by atoms with Gasteiger partial charge in [-0.3, -0.25) is 4.79 Å². The van der Waals surface area contributed by atoms with Crippen molar-refractivity contribution in [3.8, 4) is 11.5 Å². The zero-order chi connectivity index (χ0) is 17.1. The molecule has 0 saturated heterocycles. The molecule has 0 radical (unpaired) electrons. The van der Waals surface area contributed by atoms with Crippen LogP contribution < -0.4 is 20.1 Å². The van der Waals surface area contributed by atoms with Gasteiger partial charge in [-0.25, -0.2) is 4.39 Å². The normalized spacial score (nSPS) is 12.6. The van der Waals surface area contributed by atoms with Gasteiger partial charge in [0, 0.05) is 12.6 Å². The van der Waals surface area contributed by atoms with Crippen LogP contribution >= 0.6 is 12.4 Å². The number of amides is 1. The van der Waals surface area contributed by atoms with E-state index in [4.69, 9.17) is 9.47 Å². The van der Waals surface area contributed by atoms with E-state index in [9.17, 15) is 9.18 Å². The molecule has 7 heteroatoms. The number of methoxy groups -OCH3 is 2. The number of hydrogen-bond donors (Lipinski definition) is 2.